The van der Waals surface area contributed by atoms with E-state index < -0.39 is 0 Å². The highest BCUT2D eigenvalue weighted by atomic mass is 16.5. The quantitative estimate of drug-likeness (QED) is 0.940. The Morgan fingerprint density at radius 1 is 1.05 bits per heavy atom. The van der Waals surface area contributed by atoms with Crippen LogP contribution < -0.4 is 14.8 Å². The summed E-state index contributed by atoms with van der Waals surface area (Å²) in [6.07, 6.45) is 3.41. The average Bonchev–Trinajstić information content (AvgIpc) is 3.01. The van der Waals surface area contributed by atoms with E-state index in [1.165, 1.54) is 24.7 Å². The number of anilines is 1. The molecule has 0 atom stereocenters. The molecule has 0 saturated carbocycles. The van der Waals surface area contributed by atoms with Crippen molar-refractivity contribution in [3.8, 4) is 11.5 Å². The number of benzene rings is 2. The number of fused-ring (bicyclic) bond motifs is 1. The molecule has 0 spiro atoms. The lowest BCUT2D eigenvalue weighted by Gasteiger charge is -2.13. The highest BCUT2D eigenvalue weighted by Crippen LogP contribution is 2.31. The molecule has 1 N–H and O–H groups in total. The smallest absolute Gasteiger partial charge is 0.259 e. The number of nitrogens with one attached hydrogen (secondary N) is 1. The molecule has 1 aliphatic carbocycles. The Bertz CT molecular complexity index is 709. The zero-order chi connectivity index (χ0) is 15.5. The Labute approximate surface area is 130 Å². The summed E-state index contributed by atoms with van der Waals surface area (Å²) in [6.45, 7) is 0. The summed E-state index contributed by atoms with van der Waals surface area (Å²) in [5.41, 5.74) is 3.99. The van der Waals surface area contributed by atoms with Crippen LogP contribution in [-0.4, -0.2) is 20.1 Å². The number of aryl methyl sites for hydroxylation is 2. The number of para-hydroxylation sites is 1. The van der Waals surface area contributed by atoms with Crippen LogP contribution in [0.5, 0.6) is 11.5 Å². The third-order valence-corrected chi connectivity index (χ3v) is 4.00. The van der Waals surface area contributed by atoms with Crippen LogP contribution in [0.1, 0.15) is 27.9 Å². The lowest BCUT2D eigenvalue weighted by molar-refractivity contribution is 0.102. The highest BCUT2D eigenvalue weighted by molar-refractivity contribution is 6.06. The van der Waals surface area contributed by atoms with Crippen LogP contribution in [0, 0.1) is 0 Å². The molecule has 0 heterocycles. The van der Waals surface area contributed by atoms with Crippen LogP contribution in [0.3, 0.4) is 0 Å². The maximum atomic E-state index is 12.5. The van der Waals surface area contributed by atoms with E-state index in [1.807, 2.05) is 6.07 Å². The van der Waals surface area contributed by atoms with Crippen molar-refractivity contribution in [1.29, 1.82) is 0 Å². The molecule has 0 saturated heterocycles. The molecule has 4 heteroatoms. The SMILES string of the molecule is COc1cccc(C(=O)Nc2ccc3c(c2)CCC3)c1OC. The van der Waals surface area contributed by atoms with E-state index in [0.717, 1.165) is 18.5 Å². The number of ether oxygens (including phenoxy) is 2. The van der Waals surface area contributed by atoms with Gasteiger partial charge in [0.1, 0.15) is 0 Å². The first kappa shape index (κ1) is 14.4. The normalized spacial score (nSPS) is 12.6. The molecule has 22 heavy (non-hydrogen) atoms. The second-order valence-electron chi connectivity index (χ2n) is 5.33. The molecule has 0 fully saturated rings. The molecule has 3 rings (SSSR count). The zero-order valence-electron chi connectivity index (χ0n) is 12.8. The number of carbonyl (C=O) groups excluding carboxylic acids is 1. The predicted octanol–water partition coefficient (Wildman–Crippen LogP) is 3.44. The summed E-state index contributed by atoms with van der Waals surface area (Å²) in [4.78, 5) is 12.5. The molecule has 2 aromatic rings. The highest BCUT2D eigenvalue weighted by Gasteiger charge is 2.17. The van der Waals surface area contributed by atoms with Crippen molar-refractivity contribution in [3.63, 3.8) is 0 Å². The van der Waals surface area contributed by atoms with E-state index in [4.69, 9.17) is 9.47 Å². The van der Waals surface area contributed by atoms with Crippen LogP contribution in [-0.2, 0) is 12.8 Å². The minimum Gasteiger partial charge on any atom is -0.493 e. The van der Waals surface area contributed by atoms with Crippen molar-refractivity contribution in [2.75, 3.05) is 19.5 Å². The van der Waals surface area contributed by atoms with Crippen LogP contribution >= 0.6 is 0 Å². The van der Waals surface area contributed by atoms with Crippen molar-refractivity contribution in [3.05, 3.63) is 53.1 Å². The summed E-state index contributed by atoms with van der Waals surface area (Å²) in [7, 11) is 3.09. The second kappa shape index (κ2) is 6.10. The van der Waals surface area contributed by atoms with E-state index in [9.17, 15) is 4.79 Å². The van der Waals surface area contributed by atoms with Crippen LogP contribution in [0.4, 0.5) is 5.69 Å². The van der Waals surface area contributed by atoms with Crippen molar-refractivity contribution < 1.29 is 14.3 Å². The molecule has 1 amide bonds. The number of rotatable bonds is 4. The lowest BCUT2D eigenvalue weighted by atomic mass is 10.1. The maximum Gasteiger partial charge on any atom is 0.259 e. The van der Waals surface area contributed by atoms with Gasteiger partial charge < -0.3 is 14.8 Å². The van der Waals surface area contributed by atoms with Crippen molar-refractivity contribution in [1.82, 2.24) is 0 Å². The van der Waals surface area contributed by atoms with E-state index in [0.29, 0.717) is 17.1 Å². The van der Waals surface area contributed by atoms with Gasteiger partial charge in [-0.25, -0.2) is 0 Å². The van der Waals surface area contributed by atoms with Crippen LogP contribution in [0.25, 0.3) is 0 Å². The molecule has 0 aliphatic heterocycles. The first-order valence-corrected chi connectivity index (χ1v) is 7.37. The number of methoxy groups -OCH3 is 2. The summed E-state index contributed by atoms with van der Waals surface area (Å²) in [5, 5.41) is 2.94. The van der Waals surface area contributed by atoms with Crippen molar-refractivity contribution in [2.24, 2.45) is 0 Å². The molecule has 0 radical (unpaired) electrons. The van der Waals surface area contributed by atoms with Gasteiger partial charge in [-0.1, -0.05) is 12.1 Å². The molecule has 114 valence electrons. The Morgan fingerprint density at radius 3 is 2.64 bits per heavy atom. The molecular formula is C18H19NO3. The standard InChI is InChI=1S/C18H19NO3/c1-21-16-8-4-7-15(17(16)22-2)18(20)19-14-10-9-12-5-3-6-13(12)11-14/h4,7-11H,3,5-6H2,1-2H3,(H,19,20). The number of amides is 1. The van der Waals surface area contributed by atoms with Crippen LogP contribution in [0.2, 0.25) is 0 Å². The van der Waals surface area contributed by atoms with E-state index in [2.05, 4.69) is 17.4 Å². The average molecular weight is 297 g/mol. The Balaban J connectivity index is 1.86. The van der Waals surface area contributed by atoms with Gasteiger partial charge in [-0.3, -0.25) is 4.79 Å². The summed E-state index contributed by atoms with van der Waals surface area (Å²) in [5.74, 6) is 0.793. The molecule has 0 unspecified atom stereocenters. The van der Waals surface area contributed by atoms with Crippen molar-refractivity contribution in [2.45, 2.75) is 19.3 Å². The monoisotopic (exact) mass is 297 g/mol. The molecule has 1 aliphatic rings. The summed E-state index contributed by atoms with van der Waals surface area (Å²) < 4.78 is 10.5. The summed E-state index contributed by atoms with van der Waals surface area (Å²) in [6, 6.07) is 11.4. The van der Waals surface area contributed by atoms with Gasteiger partial charge in [-0.15, -0.1) is 0 Å². The summed E-state index contributed by atoms with van der Waals surface area (Å²) >= 11 is 0. The van der Waals surface area contributed by atoms with Gasteiger partial charge in [-0.05, 0) is 54.7 Å². The molecule has 4 nitrogen and oxygen atoms in total. The molecular weight excluding hydrogens is 278 g/mol. The molecule has 2 aromatic carbocycles. The fourth-order valence-corrected chi connectivity index (χ4v) is 2.91. The third kappa shape index (κ3) is 2.64. The first-order chi connectivity index (χ1) is 10.7. The van der Waals surface area contributed by atoms with Gasteiger partial charge in [0.25, 0.3) is 5.91 Å². The minimum atomic E-state index is -0.200. The topological polar surface area (TPSA) is 47.6 Å². The van der Waals surface area contributed by atoms with Gasteiger partial charge in [0.2, 0.25) is 0 Å². The largest absolute Gasteiger partial charge is 0.493 e. The Morgan fingerprint density at radius 2 is 1.86 bits per heavy atom. The molecule has 0 bridgehead atoms. The third-order valence-electron chi connectivity index (χ3n) is 4.00. The Kier molecular flexibility index (Phi) is 4.00. The van der Waals surface area contributed by atoms with Gasteiger partial charge in [0.15, 0.2) is 11.5 Å². The molecule has 0 aromatic heterocycles. The van der Waals surface area contributed by atoms with E-state index in [-0.39, 0.29) is 5.91 Å². The predicted molar refractivity (Wildman–Crippen MR) is 86.0 cm³/mol. The van der Waals surface area contributed by atoms with Gasteiger partial charge >= 0.3 is 0 Å². The van der Waals surface area contributed by atoms with Gasteiger partial charge in [-0.2, -0.15) is 0 Å². The van der Waals surface area contributed by atoms with Crippen molar-refractivity contribution >= 4 is 11.6 Å². The fraction of sp³-hybridized carbons (Fsp3) is 0.278. The van der Waals surface area contributed by atoms with Gasteiger partial charge in [0, 0.05) is 5.69 Å². The van der Waals surface area contributed by atoms with Crippen LogP contribution in [0.15, 0.2) is 36.4 Å². The number of carbonyl (C=O) groups is 1. The van der Waals surface area contributed by atoms with Gasteiger partial charge in [0.05, 0.1) is 19.8 Å². The Hall–Kier alpha value is -2.49. The van der Waals surface area contributed by atoms with E-state index in [1.54, 1.807) is 25.3 Å². The minimum absolute atomic E-state index is 0.200. The number of hydrogen-bond acceptors (Lipinski definition) is 3. The number of hydrogen-bond donors (Lipinski definition) is 1. The maximum absolute atomic E-state index is 12.5. The van der Waals surface area contributed by atoms with E-state index >= 15 is 0 Å². The first-order valence-electron chi connectivity index (χ1n) is 7.37. The second-order valence-corrected chi connectivity index (χ2v) is 5.33. The fourth-order valence-electron chi connectivity index (χ4n) is 2.91. The lowest BCUT2D eigenvalue weighted by Crippen LogP contribution is -2.13. The zero-order valence-corrected chi connectivity index (χ0v) is 12.8.